The van der Waals surface area contributed by atoms with E-state index in [4.69, 9.17) is 10.5 Å². The van der Waals surface area contributed by atoms with E-state index >= 15 is 0 Å². The SMILES string of the molecule is COC(CN)CCN1CCN(C)CC1. The number of methoxy groups -OCH3 is 1. The predicted molar refractivity (Wildman–Crippen MR) is 58.4 cm³/mol. The molecule has 4 nitrogen and oxygen atoms in total. The van der Waals surface area contributed by atoms with Gasteiger partial charge in [0.1, 0.15) is 0 Å². The summed E-state index contributed by atoms with van der Waals surface area (Å²) in [5.41, 5.74) is 5.57. The fourth-order valence-electron chi connectivity index (χ4n) is 1.73. The van der Waals surface area contributed by atoms with E-state index in [1.165, 1.54) is 26.2 Å². The Labute approximate surface area is 87.0 Å². The van der Waals surface area contributed by atoms with E-state index in [1.54, 1.807) is 7.11 Å². The van der Waals surface area contributed by atoms with Crippen LogP contribution < -0.4 is 5.73 Å². The van der Waals surface area contributed by atoms with Gasteiger partial charge in [-0.15, -0.1) is 0 Å². The van der Waals surface area contributed by atoms with Crippen molar-refractivity contribution in [2.45, 2.75) is 12.5 Å². The van der Waals surface area contributed by atoms with E-state index in [-0.39, 0.29) is 6.10 Å². The zero-order valence-electron chi connectivity index (χ0n) is 9.41. The highest BCUT2D eigenvalue weighted by Gasteiger charge is 2.14. The summed E-state index contributed by atoms with van der Waals surface area (Å²) in [5, 5.41) is 0. The lowest BCUT2D eigenvalue weighted by molar-refractivity contribution is 0.0789. The molecule has 0 aromatic heterocycles. The lowest BCUT2D eigenvalue weighted by atomic mass is 10.2. The number of piperazine rings is 1. The maximum absolute atomic E-state index is 5.57. The van der Waals surface area contributed by atoms with Crippen molar-refractivity contribution in [3.63, 3.8) is 0 Å². The van der Waals surface area contributed by atoms with Gasteiger partial charge in [0.15, 0.2) is 0 Å². The van der Waals surface area contributed by atoms with Crippen LogP contribution in [0.15, 0.2) is 0 Å². The molecule has 1 atom stereocenters. The summed E-state index contributed by atoms with van der Waals surface area (Å²) in [7, 11) is 3.91. The number of nitrogens with two attached hydrogens (primary N) is 1. The van der Waals surface area contributed by atoms with Gasteiger partial charge in [-0.2, -0.15) is 0 Å². The fourth-order valence-corrected chi connectivity index (χ4v) is 1.73. The highest BCUT2D eigenvalue weighted by atomic mass is 16.5. The van der Waals surface area contributed by atoms with Crippen molar-refractivity contribution in [2.24, 2.45) is 5.73 Å². The first-order chi connectivity index (χ1) is 6.76. The van der Waals surface area contributed by atoms with Gasteiger partial charge < -0.3 is 20.3 Å². The molecule has 1 saturated heterocycles. The molecule has 0 radical (unpaired) electrons. The Balaban J connectivity index is 2.12. The molecule has 0 aromatic rings. The second kappa shape index (κ2) is 6.35. The van der Waals surface area contributed by atoms with E-state index < -0.39 is 0 Å². The molecule has 84 valence electrons. The third-order valence-corrected chi connectivity index (χ3v) is 2.96. The lowest BCUT2D eigenvalue weighted by Crippen LogP contribution is -2.45. The van der Waals surface area contributed by atoms with Crippen molar-refractivity contribution in [1.29, 1.82) is 0 Å². The molecule has 1 fully saturated rings. The molecule has 1 rings (SSSR count). The molecule has 0 aromatic carbocycles. The van der Waals surface area contributed by atoms with Gasteiger partial charge in [0.2, 0.25) is 0 Å². The van der Waals surface area contributed by atoms with Crippen molar-refractivity contribution in [2.75, 3.05) is 53.4 Å². The summed E-state index contributed by atoms with van der Waals surface area (Å²) >= 11 is 0. The van der Waals surface area contributed by atoms with E-state index in [1.807, 2.05) is 0 Å². The Hall–Kier alpha value is -0.160. The predicted octanol–water partition coefficient (Wildman–Crippen LogP) is -0.402. The highest BCUT2D eigenvalue weighted by molar-refractivity contribution is 4.71. The molecule has 1 aliphatic heterocycles. The molecular formula is C10H23N3O. The number of rotatable bonds is 5. The number of likely N-dealkylation sites (N-methyl/N-ethyl adjacent to an activating group) is 1. The van der Waals surface area contributed by atoms with Gasteiger partial charge in [-0.25, -0.2) is 0 Å². The van der Waals surface area contributed by atoms with Gasteiger partial charge in [-0.1, -0.05) is 0 Å². The van der Waals surface area contributed by atoms with E-state index in [9.17, 15) is 0 Å². The summed E-state index contributed by atoms with van der Waals surface area (Å²) < 4.78 is 5.25. The Morgan fingerprint density at radius 1 is 1.29 bits per heavy atom. The Bertz CT molecular complexity index is 142. The second-order valence-electron chi connectivity index (χ2n) is 4.03. The Morgan fingerprint density at radius 3 is 2.43 bits per heavy atom. The third kappa shape index (κ3) is 3.92. The van der Waals surface area contributed by atoms with Crippen molar-refractivity contribution in [3.8, 4) is 0 Å². The molecule has 1 unspecified atom stereocenters. The molecule has 2 N–H and O–H groups in total. The Kier molecular flexibility index (Phi) is 5.40. The quantitative estimate of drug-likeness (QED) is 0.657. The van der Waals surface area contributed by atoms with Crippen LogP contribution in [0.4, 0.5) is 0 Å². The molecular weight excluding hydrogens is 178 g/mol. The summed E-state index contributed by atoms with van der Waals surface area (Å²) in [6.07, 6.45) is 1.28. The molecule has 1 heterocycles. The van der Waals surface area contributed by atoms with Gasteiger partial charge in [-0.3, -0.25) is 0 Å². The van der Waals surface area contributed by atoms with Crippen LogP contribution in [-0.2, 0) is 4.74 Å². The van der Waals surface area contributed by atoms with Gasteiger partial charge in [0.05, 0.1) is 6.10 Å². The van der Waals surface area contributed by atoms with Crippen LogP contribution in [-0.4, -0.2) is 69.3 Å². The van der Waals surface area contributed by atoms with Gasteiger partial charge in [-0.05, 0) is 13.5 Å². The van der Waals surface area contributed by atoms with Crippen LogP contribution in [0, 0.1) is 0 Å². The van der Waals surface area contributed by atoms with Crippen molar-refractivity contribution < 1.29 is 4.74 Å². The maximum atomic E-state index is 5.57. The first kappa shape index (κ1) is 11.9. The van der Waals surface area contributed by atoms with Gasteiger partial charge in [0, 0.05) is 46.4 Å². The number of hydrogen-bond donors (Lipinski definition) is 1. The number of nitrogens with zero attached hydrogens (tertiary/aromatic N) is 2. The lowest BCUT2D eigenvalue weighted by Gasteiger charge is -2.32. The topological polar surface area (TPSA) is 41.7 Å². The standard InChI is InChI=1S/C10H23N3O/c1-12-5-7-13(8-6-12)4-3-10(9-11)14-2/h10H,3-9,11H2,1-2H3. The molecule has 0 spiro atoms. The second-order valence-corrected chi connectivity index (χ2v) is 4.03. The largest absolute Gasteiger partial charge is 0.380 e. The number of hydrogen-bond acceptors (Lipinski definition) is 4. The maximum Gasteiger partial charge on any atom is 0.0705 e. The summed E-state index contributed by atoms with van der Waals surface area (Å²) in [4.78, 5) is 4.86. The van der Waals surface area contributed by atoms with Crippen LogP contribution in [0.25, 0.3) is 0 Å². The zero-order valence-corrected chi connectivity index (χ0v) is 9.41. The molecule has 0 amide bonds. The minimum absolute atomic E-state index is 0.231. The third-order valence-electron chi connectivity index (χ3n) is 2.96. The molecule has 14 heavy (non-hydrogen) atoms. The van der Waals surface area contributed by atoms with Gasteiger partial charge >= 0.3 is 0 Å². The minimum Gasteiger partial charge on any atom is -0.380 e. The summed E-state index contributed by atoms with van der Waals surface area (Å²) in [6, 6.07) is 0. The van der Waals surface area contributed by atoms with Gasteiger partial charge in [0.25, 0.3) is 0 Å². The normalized spacial score (nSPS) is 22.5. The minimum atomic E-state index is 0.231. The van der Waals surface area contributed by atoms with E-state index in [0.717, 1.165) is 13.0 Å². The molecule has 0 bridgehead atoms. The summed E-state index contributed by atoms with van der Waals surface area (Å²) in [6.45, 7) is 6.46. The molecule has 4 heteroatoms. The average Bonchev–Trinajstić information content (AvgIpc) is 2.22. The van der Waals surface area contributed by atoms with Crippen molar-refractivity contribution >= 4 is 0 Å². The van der Waals surface area contributed by atoms with Crippen molar-refractivity contribution in [3.05, 3.63) is 0 Å². The number of ether oxygens (including phenoxy) is 1. The van der Waals surface area contributed by atoms with E-state index in [0.29, 0.717) is 6.54 Å². The average molecular weight is 201 g/mol. The fraction of sp³-hybridized carbons (Fsp3) is 1.00. The Morgan fingerprint density at radius 2 is 1.93 bits per heavy atom. The smallest absolute Gasteiger partial charge is 0.0705 e. The molecule has 0 aliphatic carbocycles. The first-order valence-electron chi connectivity index (χ1n) is 5.40. The molecule has 0 saturated carbocycles. The monoisotopic (exact) mass is 201 g/mol. The van der Waals surface area contributed by atoms with Crippen molar-refractivity contribution in [1.82, 2.24) is 9.80 Å². The van der Waals surface area contributed by atoms with Crippen LogP contribution in [0.5, 0.6) is 0 Å². The van der Waals surface area contributed by atoms with Crippen LogP contribution in [0.2, 0.25) is 0 Å². The van der Waals surface area contributed by atoms with Crippen LogP contribution in [0.1, 0.15) is 6.42 Å². The zero-order chi connectivity index (χ0) is 10.4. The van der Waals surface area contributed by atoms with E-state index in [2.05, 4.69) is 16.8 Å². The van der Waals surface area contributed by atoms with Crippen LogP contribution >= 0.6 is 0 Å². The highest BCUT2D eigenvalue weighted by Crippen LogP contribution is 2.02. The first-order valence-corrected chi connectivity index (χ1v) is 5.40. The summed E-state index contributed by atoms with van der Waals surface area (Å²) in [5.74, 6) is 0. The molecule has 1 aliphatic rings. The van der Waals surface area contributed by atoms with Crippen LogP contribution in [0.3, 0.4) is 0 Å².